The molecule has 6 heteroatoms. The number of carbonyl (C=O) groups is 1. The first-order valence-corrected chi connectivity index (χ1v) is 11.8. The highest BCUT2D eigenvalue weighted by Crippen LogP contribution is 2.36. The fourth-order valence-electron chi connectivity index (χ4n) is 4.26. The van der Waals surface area contributed by atoms with E-state index >= 15 is 0 Å². The van der Waals surface area contributed by atoms with Gasteiger partial charge in [-0.15, -0.1) is 0 Å². The average molecular weight is 439 g/mol. The SMILES string of the molecule is CCCCCCCC(=O)N1CCN(C2=Nc3cc(Cl)ccc3Nc3ccccc32)CC1. The zero-order valence-electron chi connectivity index (χ0n) is 18.2. The average Bonchev–Trinajstić information content (AvgIpc) is 2.95. The molecular formula is C25H31ClN4O. The highest BCUT2D eigenvalue weighted by molar-refractivity contribution is 6.31. The first-order valence-electron chi connectivity index (χ1n) is 11.4. The lowest BCUT2D eigenvalue weighted by molar-refractivity contribution is -0.132. The Kier molecular flexibility index (Phi) is 7.13. The number of para-hydroxylation sites is 1. The molecule has 0 unspecified atom stereocenters. The normalized spacial score (nSPS) is 15.5. The quantitative estimate of drug-likeness (QED) is 0.564. The molecule has 1 amide bonds. The standard InChI is InChI=1S/C25H31ClN4O/c1-2-3-4-5-6-11-24(31)29-14-16-30(17-15-29)25-20-9-7-8-10-21(20)27-22-13-12-19(26)18-23(22)28-25/h7-10,12-13,18,27H,2-6,11,14-17H2,1H3. The number of amides is 1. The van der Waals surface area contributed by atoms with Gasteiger partial charge in [0, 0.05) is 48.9 Å². The number of nitrogens with zero attached hydrogens (tertiary/aromatic N) is 3. The number of piperazine rings is 1. The Morgan fingerprint density at radius 3 is 2.58 bits per heavy atom. The van der Waals surface area contributed by atoms with Gasteiger partial charge in [0.2, 0.25) is 5.91 Å². The molecule has 0 radical (unpaired) electrons. The summed E-state index contributed by atoms with van der Waals surface area (Å²) in [5, 5.41) is 4.17. The molecule has 2 aromatic rings. The number of aliphatic imine (C=N–C) groups is 1. The number of halogens is 1. The van der Waals surface area contributed by atoms with Crippen LogP contribution in [0, 0.1) is 0 Å². The zero-order valence-corrected chi connectivity index (χ0v) is 19.0. The van der Waals surface area contributed by atoms with Crippen molar-refractivity contribution in [2.45, 2.75) is 45.4 Å². The number of amidine groups is 1. The highest BCUT2D eigenvalue weighted by atomic mass is 35.5. The molecular weight excluding hydrogens is 408 g/mol. The summed E-state index contributed by atoms with van der Waals surface area (Å²) < 4.78 is 0. The lowest BCUT2D eigenvalue weighted by atomic mass is 10.1. The Morgan fingerprint density at radius 1 is 1.00 bits per heavy atom. The monoisotopic (exact) mass is 438 g/mol. The first-order chi connectivity index (χ1) is 15.2. The van der Waals surface area contributed by atoms with Crippen LogP contribution in [0.3, 0.4) is 0 Å². The van der Waals surface area contributed by atoms with Gasteiger partial charge in [0.05, 0.1) is 11.4 Å². The Balaban J connectivity index is 1.45. The van der Waals surface area contributed by atoms with E-state index in [9.17, 15) is 4.79 Å². The second-order valence-electron chi connectivity index (χ2n) is 8.30. The van der Waals surface area contributed by atoms with E-state index in [-0.39, 0.29) is 5.91 Å². The van der Waals surface area contributed by atoms with Crippen molar-refractivity contribution in [2.24, 2.45) is 4.99 Å². The Hall–Kier alpha value is -2.53. The number of hydrogen-bond acceptors (Lipinski definition) is 4. The summed E-state index contributed by atoms with van der Waals surface area (Å²) in [4.78, 5) is 21.9. The minimum Gasteiger partial charge on any atom is -0.353 e. The molecule has 0 spiro atoms. The minimum atomic E-state index is 0.290. The molecule has 0 saturated carbocycles. The second-order valence-corrected chi connectivity index (χ2v) is 8.74. The molecule has 1 fully saturated rings. The fourth-order valence-corrected chi connectivity index (χ4v) is 4.42. The molecule has 2 aromatic carbocycles. The minimum absolute atomic E-state index is 0.290. The number of fused-ring (bicyclic) bond motifs is 2. The van der Waals surface area contributed by atoms with Crippen molar-refractivity contribution in [1.82, 2.24) is 9.80 Å². The lowest BCUT2D eigenvalue weighted by Gasteiger charge is -2.36. The third kappa shape index (κ3) is 5.21. The van der Waals surface area contributed by atoms with Crippen molar-refractivity contribution in [3.8, 4) is 0 Å². The smallest absolute Gasteiger partial charge is 0.222 e. The Bertz CT molecular complexity index is 950. The highest BCUT2D eigenvalue weighted by Gasteiger charge is 2.26. The maximum Gasteiger partial charge on any atom is 0.222 e. The third-order valence-corrected chi connectivity index (χ3v) is 6.28. The van der Waals surface area contributed by atoms with Gasteiger partial charge < -0.3 is 15.1 Å². The Morgan fingerprint density at radius 2 is 1.77 bits per heavy atom. The number of nitrogens with one attached hydrogen (secondary N) is 1. The maximum atomic E-state index is 12.6. The van der Waals surface area contributed by atoms with Crippen LogP contribution in [-0.4, -0.2) is 47.7 Å². The van der Waals surface area contributed by atoms with Gasteiger partial charge in [0.15, 0.2) is 0 Å². The molecule has 0 aliphatic carbocycles. The van der Waals surface area contributed by atoms with Crippen molar-refractivity contribution in [3.63, 3.8) is 0 Å². The predicted octanol–water partition coefficient (Wildman–Crippen LogP) is 5.98. The molecule has 164 valence electrons. The summed E-state index contributed by atoms with van der Waals surface area (Å²) in [6, 6.07) is 14.0. The molecule has 0 bridgehead atoms. The largest absolute Gasteiger partial charge is 0.353 e. The predicted molar refractivity (Wildman–Crippen MR) is 129 cm³/mol. The summed E-state index contributed by atoms with van der Waals surface area (Å²) in [7, 11) is 0. The number of rotatable bonds is 6. The van der Waals surface area contributed by atoms with Gasteiger partial charge in [-0.3, -0.25) is 4.79 Å². The molecule has 5 nitrogen and oxygen atoms in total. The number of hydrogen-bond donors (Lipinski definition) is 1. The van der Waals surface area contributed by atoms with E-state index < -0.39 is 0 Å². The molecule has 2 aliphatic heterocycles. The van der Waals surface area contributed by atoms with Crippen LogP contribution in [0.5, 0.6) is 0 Å². The van der Waals surface area contributed by atoms with Gasteiger partial charge in [0.25, 0.3) is 0 Å². The Labute approximate surface area is 190 Å². The van der Waals surface area contributed by atoms with Crippen molar-refractivity contribution in [3.05, 3.63) is 53.1 Å². The van der Waals surface area contributed by atoms with Crippen molar-refractivity contribution in [2.75, 3.05) is 31.5 Å². The summed E-state index contributed by atoms with van der Waals surface area (Å²) in [6.07, 6.45) is 6.55. The van der Waals surface area contributed by atoms with E-state index in [1.54, 1.807) is 0 Å². The number of unbranched alkanes of at least 4 members (excludes halogenated alkanes) is 4. The van der Waals surface area contributed by atoms with Gasteiger partial charge in [-0.1, -0.05) is 56.3 Å². The third-order valence-electron chi connectivity index (χ3n) is 6.05. The number of anilines is 2. The summed E-state index contributed by atoms with van der Waals surface area (Å²) in [6.45, 7) is 5.26. The van der Waals surface area contributed by atoms with Crippen molar-refractivity contribution < 1.29 is 4.79 Å². The molecule has 31 heavy (non-hydrogen) atoms. The van der Waals surface area contributed by atoms with Gasteiger partial charge in [-0.2, -0.15) is 0 Å². The summed E-state index contributed by atoms with van der Waals surface area (Å²) in [5.41, 5.74) is 3.89. The van der Waals surface area contributed by atoms with Gasteiger partial charge in [-0.05, 0) is 36.8 Å². The molecule has 1 N–H and O–H groups in total. The van der Waals surface area contributed by atoms with Crippen LogP contribution in [0.2, 0.25) is 5.02 Å². The van der Waals surface area contributed by atoms with Crippen LogP contribution in [0.15, 0.2) is 47.5 Å². The molecule has 0 atom stereocenters. The van der Waals surface area contributed by atoms with E-state index in [2.05, 4.69) is 29.3 Å². The van der Waals surface area contributed by atoms with Crippen LogP contribution in [-0.2, 0) is 4.79 Å². The molecule has 4 rings (SSSR count). The molecule has 0 aromatic heterocycles. The summed E-state index contributed by atoms with van der Waals surface area (Å²) >= 11 is 6.24. The van der Waals surface area contributed by atoms with Crippen molar-refractivity contribution >= 4 is 40.4 Å². The van der Waals surface area contributed by atoms with E-state index in [0.717, 1.165) is 67.5 Å². The number of benzene rings is 2. The molecule has 1 saturated heterocycles. The summed E-state index contributed by atoms with van der Waals surface area (Å²) in [5.74, 6) is 1.23. The fraction of sp³-hybridized carbons (Fsp3) is 0.440. The van der Waals surface area contributed by atoms with Crippen LogP contribution in [0.25, 0.3) is 0 Å². The second kappa shape index (κ2) is 10.2. The van der Waals surface area contributed by atoms with Crippen molar-refractivity contribution in [1.29, 1.82) is 0 Å². The van der Waals surface area contributed by atoms with E-state index in [4.69, 9.17) is 16.6 Å². The lowest BCUT2D eigenvalue weighted by Crippen LogP contribution is -2.50. The van der Waals surface area contributed by atoms with E-state index in [0.29, 0.717) is 11.4 Å². The van der Waals surface area contributed by atoms with Crippen LogP contribution >= 0.6 is 11.6 Å². The zero-order chi connectivity index (χ0) is 21.6. The van der Waals surface area contributed by atoms with Gasteiger partial charge in [-0.25, -0.2) is 4.99 Å². The van der Waals surface area contributed by atoms with Gasteiger partial charge >= 0.3 is 0 Å². The maximum absolute atomic E-state index is 12.6. The van der Waals surface area contributed by atoms with E-state index in [1.807, 2.05) is 35.2 Å². The van der Waals surface area contributed by atoms with Crippen LogP contribution in [0.1, 0.15) is 51.0 Å². The topological polar surface area (TPSA) is 47.9 Å². The van der Waals surface area contributed by atoms with Gasteiger partial charge in [0.1, 0.15) is 5.84 Å². The van der Waals surface area contributed by atoms with Crippen LogP contribution < -0.4 is 5.32 Å². The van der Waals surface area contributed by atoms with Crippen LogP contribution in [0.4, 0.5) is 17.1 Å². The molecule has 2 aliphatic rings. The van der Waals surface area contributed by atoms with E-state index in [1.165, 1.54) is 19.3 Å². The number of carbonyl (C=O) groups excluding carboxylic acids is 1. The first kappa shape index (κ1) is 21.7. The molecule has 2 heterocycles.